The highest BCUT2D eigenvalue weighted by Gasteiger charge is 2.37. The molecule has 4 rings (SSSR count). The summed E-state index contributed by atoms with van der Waals surface area (Å²) in [5.74, 6) is -1.64. The number of halogens is 3. The third-order valence-corrected chi connectivity index (χ3v) is 4.39. The molecule has 1 aliphatic rings. The normalized spacial score (nSPS) is 14.4. The highest BCUT2D eigenvalue weighted by atomic mass is 19.4. The Bertz CT molecular complexity index is 1110. The first-order valence-corrected chi connectivity index (χ1v) is 8.26. The second-order valence-electron chi connectivity index (χ2n) is 6.49. The summed E-state index contributed by atoms with van der Waals surface area (Å²) in [6.45, 7) is 0. The van der Waals surface area contributed by atoms with Gasteiger partial charge >= 0.3 is 6.18 Å². The van der Waals surface area contributed by atoms with Gasteiger partial charge in [-0.05, 0) is 18.9 Å². The first-order chi connectivity index (χ1) is 13.1. The van der Waals surface area contributed by atoms with Crippen molar-refractivity contribution in [2.45, 2.75) is 24.9 Å². The predicted molar refractivity (Wildman–Crippen MR) is 89.6 cm³/mol. The van der Waals surface area contributed by atoms with Crippen molar-refractivity contribution in [2.24, 2.45) is 12.8 Å². The molecule has 146 valence electrons. The molecular formula is C16H14F3N7O2. The van der Waals surface area contributed by atoms with Gasteiger partial charge < -0.3 is 11.1 Å². The van der Waals surface area contributed by atoms with Crippen molar-refractivity contribution < 1.29 is 22.8 Å². The molecule has 1 fully saturated rings. The number of aromatic nitrogens is 5. The first-order valence-electron chi connectivity index (χ1n) is 8.26. The average molecular weight is 393 g/mol. The van der Waals surface area contributed by atoms with Gasteiger partial charge in [-0.25, -0.2) is 9.50 Å². The molecule has 0 aromatic carbocycles. The van der Waals surface area contributed by atoms with Gasteiger partial charge in [0.15, 0.2) is 11.3 Å². The maximum absolute atomic E-state index is 13.4. The van der Waals surface area contributed by atoms with Crippen LogP contribution in [0.1, 0.15) is 51.1 Å². The first kappa shape index (κ1) is 17.9. The van der Waals surface area contributed by atoms with E-state index < -0.39 is 23.7 Å². The smallest absolute Gasteiger partial charge is 0.364 e. The SMILES string of the molecule is Cn1ncc(NC(=O)c2cc3nc(C4CC4)cc(C(F)(F)F)n3n2)c1C(N)=O. The average Bonchev–Trinajstić information content (AvgIpc) is 3.25. The molecule has 3 heterocycles. The van der Waals surface area contributed by atoms with Crippen molar-refractivity contribution in [2.75, 3.05) is 5.32 Å². The fourth-order valence-corrected chi connectivity index (χ4v) is 2.90. The summed E-state index contributed by atoms with van der Waals surface area (Å²) in [4.78, 5) is 28.2. The monoisotopic (exact) mass is 393 g/mol. The molecule has 0 aliphatic heterocycles. The van der Waals surface area contributed by atoms with Crippen LogP contribution in [0.15, 0.2) is 18.3 Å². The van der Waals surface area contributed by atoms with E-state index in [1.54, 1.807) is 0 Å². The van der Waals surface area contributed by atoms with E-state index in [0.717, 1.165) is 25.0 Å². The molecule has 1 saturated carbocycles. The van der Waals surface area contributed by atoms with E-state index in [9.17, 15) is 22.8 Å². The lowest BCUT2D eigenvalue weighted by Crippen LogP contribution is -2.20. The van der Waals surface area contributed by atoms with Crippen molar-refractivity contribution in [1.29, 1.82) is 0 Å². The van der Waals surface area contributed by atoms with Gasteiger partial charge in [-0.3, -0.25) is 14.3 Å². The highest BCUT2D eigenvalue weighted by Crippen LogP contribution is 2.41. The van der Waals surface area contributed by atoms with Crippen LogP contribution < -0.4 is 11.1 Å². The zero-order chi connectivity index (χ0) is 20.2. The lowest BCUT2D eigenvalue weighted by atomic mass is 10.2. The molecule has 3 aromatic rings. The van der Waals surface area contributed by atoms with E-state index in [0.29, 0.717) is 10.2 Å². The minimum absolute atomic E-state index is 0.00760. The maximum Gasteiger partial charge on any atom is 0.433 e. The van der Waals surface area contributed by atoms with Crippen molar-refractivity contribution >= 4 is 23.1 Å². The van der Waals surface area contributed by atoms with E-state index in [4.69, 9.17) is 5.73 Å². The second-order valence-corrected chi connectivity index (χ2v) is 6.49. The highest BCUT2D eigenvalue weighted by molar-refractivity contribution is 6.07. The number of carbonyl (C=O) groups is 2. The van der Waals surface area contributed by atoms with E-state index in [2.05, 4.69) is 20.5 Å². The summed E-state index contributed by atoms with van der Waals surface area (Å²) in [5.41, 5.74) is 4.18. The summed E-state index contributed by atoms with van der Waals surface area (Å²) < 4.78 is 42.1. The summed E-state index contributed by atoms with van der Waals surface area (Å²) in [6, 6.07) is 2.13. The lowest BCUT2D eigenvalue weighted by Gasteiger charge is -2.10. The van der Waals surface area contributed by atoms with Crippen LogP contribution in [0.5, 0.6) is 0 Å². The Labute approximate surface area is 155 Å². The Kier molecular flexibility index (Phi) is 3.87. The van der Waals surface area contributed by atoms with Crippen LogP contribution in [0, 0.1) is 0 Å². The third-order valence-electron chi connectivity index (χ3n) is 4.39. The van der Waals surface area contributed by atoms with Crippen LogP contribution in [-0.4, -0.2) is 36.2 Å². The van der Waals surface area contributed by atoms with Crippen LogP contribution in [-0.2, 0) is 13.2 Å². The number of aryl methyl sites for hydroxylation is 1. The zero-order valence-electron chi connectivity index (χ0n) is 14.5. The van der Waals surface area contributed by atoms with Gasteiger partial charge in [0.05, 0.1) is 11.9 Å². The van der Waals surface area contributed by atoms with Crippen LogP contribution in [0.2, 0.25) is 0 Å². The van der Waals surface area contributed by atoms with Crippen molar-refractivity contribution in [3.05, 3.63) is 41.1 Å². The Morgan fingerprint density at radius 2 is 2.00 bits per heavy atom. The quantitative estimate of drug-likeness (QED) is 0.699. The van der Waals surface area contributed by atoms with E-state index in [1.165, 1.54) is 17.9 Å². The predicted octanol–water partition coefficient (Wildman–Crippen LogP) is 1.71. The maximum atomic E-state index is 13.4. The van der Waals surface area contributed by atoms with Crippen LogP contribution in [0.25, 0.3) is 5.65 Å². The van der Waals surface area contributed by atoms with Gasteiger partial charge in [-0.2, -0.15) is 23.4 Å². The number of amides is 2. The number of rotatable bonds is 4. The third kappa shape index (κ3) is 3.06. The molecule has 2 amide bonds. The molecule has 0 radical (unpaired) electrons. The molecule has 9 nitrogen and oxygen atoms in total. The number of fused-ring (bicyclic) bond motifs is 1. The number of hydrogen-bond acceptors (Lipinski definition) is 5. The number of alkyl halides is 3. The molecule has 12 heteroatoms. The standard InChI is InChI=1S/C16H14F3N7O2/c1-25-13(14(20)27)10(6-21-25)23-15(28)9-5-12-22-8(7-2-3-7)4-11(16(17,18)19)26(12)24-9/h4-7H,2-3H2,1H3,(H2,20,27)(H,23,28). The molecule has 3 N–H and O–H groups in total. The molecule has 28 heavy (non-hydrogen) atoms. The summed E-state index contributed by atoms with van der Waals surface area (Å²) >= 11 is 0. The minimum Gasteiger partial charge on any atom is -0.364 e. The Hall–Kier alpha value is -3.44. The molecule has 0 unspecified atom stereocenters. The number of anilines is 1. The summed E-state index contributed by atoms with van der Waals surface area (Å²) in [5, 5.41) is 9.97. The molecule has 3 aromatic heterocycles. The molecular weight excluding hydrogens is 379 g/mol. The van der Waals surface area contributed by atoms with Crippen LogP contribution in [0.3, 0.4) is 0 Å². The zero-order valence-corrected chi connectivity index (χ0v) is 14.5. The fraction of sp³-hybridized carbons (Fsp3) is 0.312. The van der Waals surface area contributed by atoms with Crippen molar-refractivity contribution in [3.8, 4) is 0 Å². The molecule has 0 saturated heterocycles. The number of nitrogens with zero attached hydrogens (tertiary/aromatic N) is 5. The van der Waals surface area contributed by atoms with Crippen LogP contribution >= 0.6 is 0 Å². The number of carbonyl (C=O) groups excluding carboxylic acids is 2. The topological polar surface area (TPSA) is 120 Å². The second kappa shape index (κ2) is 6.04. The molecule has 0 spiro atoms. The Balaban J connectivity index is 1.73. The number of hydrogen-bond donors (Lipinski definition) is 2. The van der Waals surface area contributed by atoms with Crippen LogP contribution in [0.4, 0.5) is 18.9 Å². The Morgan fingerprint density at radius 1 is 1.29 bits per heavy atom. The van der Waals surface area contributed by atoms with E-state index in [1.807, 2.05) is 0 Å². The van der Waals surface area contributed by atoms with E-state index in [-0.39, 0.29) is 28.6 Å². The van der Waals surface area contributed by atoms with Gasteiger partial charge in [0.25, 0.3) is 11.8 Å². The minimum atomic E-state index is -4.66. The fourth-order valence-electron chi connectivity index (χ4n) is 2.90. The molecule has 1 aliphatic carbocycles. The van der Waals surface area contributed by atoms with Gasteiger partial charge in [0, 0.05) is 24.7 Å². The van der Waals surface area contributed by atoms with Gasteiger partial charge in [0.2, 0.25) is 0 Å². The van der Waals surface area contributed by atoms with Gasteiger partial charge in [-0.1, -0.05) is 0 Å². The molecule has 0 bridgehead atoms. The number of primary amides is 1. The van der Waals surface area contributed by atoms with E-state index >= 15 is 0 Å². The Morgan fingerprint density at radius 3 is 2.61 bits per heavy atom. The summed E-state index contributed by atoms with van der Waals surface area (Å²) in [6.07, 6.45) is -1.90. The largest absolute Gasteiger partial charge is 0.433 e. The van der Waals surface area contributed by atoms with Gasteiger partial charge in [0.1, 0.15) is 11.4 Å². The van der Waals surface area contributed by atoms with Crippen molar-refractivity contribution in [1.82, 2.24) is 24.4 Å². The summed E-state index contributed by atoms with van der Waals surface area (Å²) in [7, 11) is 1.46. The molecule has 0 atom stereocenters. The number of nitrogens with two attached hydrogens (primary N) is 1. The van der Waals surface area contributed by atoms with Gasteiger partial charge in [-0.15, -0.1) is 0 Å². The van der Waals surface area contributed by atoms with Crippen molar-refractivity contribution in [3.63, 3.8) is 0 Å². The number of nitrogens with one attached hydrogen (secondary N) is 1. The lowest BCUT2D eigenvalue weighted by molar-refractivity contribution is -0.142.